The molecule has 2 heterocycles. The van der Waals surface area contributed by atoms with E-state index in [1.165, 1.54) is 4.31 Å². The number of amides is 1. The van der Waals surface area contributed by atoms with Gasteiger partial charge in [0.05, 0.1) is 18.8 Å². The Labute approximate surface area is 208 Å². The first kappa shape index (κ1) is 25.5. The monoisotopic (exact) mass is 501 g/mol. The van der Waals surface area contributed by atoms with Gasteiger partial charge in [0.15, 0.2) is 0 Å². The summed E-state index contributed by atoms with van der Waals surface area (Å²) in [4.78, 5) is 15.0. The van der Waals surface area contributed by atoms with Crippen LogP contribution >= 0.6 is 0 Å². The highest BCUT2D eigenvalue weighted by Crippen LogP contribution is 2.26. The van der Waals surface area contributed by atoms with Crippen LogP contribution in [0.4, 0.5) is 5.69 Å². The highest BCUT2D eigenvalue weighted by atomic mass is 32.2. The number of nitrogens with one attached hydrogen (secondary N) is 1. The molecule has 0 unspecified atom stereocenters. The van der Waals surface area contributed by atoms with Crippen molar-refractivity contribution >= 4 is 21.8 Å². The lowest BCUT2D eigenvalue weighted by molar-refractivity contribution is 0.0340. The van der Waals surface area contributed by atoms with Crippen LogP contribution in [-0.4, -0.2) is 69.0 Å². The number of carbonyl (C=O) groups excluding carboxylic acids is 1. The quantitative estimate of drug-likeness (QED) is 0.624. The van der Waals surface area contributed by atoms with Crippen LogP contribution in [0, 0.1) is 13.8 Å². The molecule has 2 atom stereocenters. The fourth-order valence-corrected chi connectivity index (χ4v) is 5.98. The number of benzene rings is 2. The second-order valence-electron chi connectivity index (χ2n) is 9.41. The number of carbonyl (C=O) groups is 1. The van der Waals surface area contributed by atoms with E-state index in [-0.39, 0.29) is 18.1 Å². The minimum absolute atomic E-state index is 0.0432. The van der Waals surface area contributed by atoms with Crippen LogP contribution in [0.2, 0.25) is 0 Å². The molecular weight excluding hydrogens is 466 g/mol. The fourth-order valence-electron chi connectivity index (χ4n) is 4.69. The number of rotatable bonds is 7. The van der Waals surface area contributed by atoms with Crippen LogP contribution in [0.3, 0.4) is 0 Å². The maximum atomic E-state index is 13.2. The second kappa shape index (κ2) is 11.0. The SMILES string of the molecule is CO[C@@H]1CN(C(=O)c2cc(C)ccc2C)C[C@H]1Oc1cccc(NS(=O)(=O)N2CCCCCC2)c1. The van der Waals surface area contributed by atoms with Crippen molar-refractivity contribution in [3.63, 3.8) is 0 Å². The highest BCUT2D eigenvalue weighted by Gasteiger charge is 2.38. The summed E-state index contributed by atoms with van der Waals surface area (Å²) in [5, 5.41) is 0. The Morgan fingerprint density at radius 1 is 0.971 bits per heavy atom. The van der Waals surface area contributed by atoms with Crippen molar-refractivity contribution in [2.45, 2.75) is 51.7 Å². The Bertz CT molecular complexity index is 1150. The summed E-state index contributed by atoms with van der Waals surface area (Å²) in [5.41, 5.74) is 3.10. The highest BCUT2D eigenvalue weighted by molar-refractivity contribution is 7.90. The summed E-state index contributed by atoms with van der Waals surface area (Å²) >= 11 is 0. The van der Waals surface area contributed by atoms with Crippen LogP contribution in [0.15, 0.2) is 42.5 Å². The Morgan fingerprint density at radius 2 is 1.69 bits per heavy atom. The van der Waals surface area contributed by atoms with Gasteiger partial charge in [-0.2, -0.15) is 12.7 Å². The Kier molecular flexibility index (Phi) is 7.98. The second-order valence-corrected chi connectivity index (χ2v) is 11.1. The van der Waals surface area contributed by atoms with Gasteiger partial charge in [-0.05, 0) is 50.5 Å². The Balaban J connectivity index is 1.44. The predicted molar refractivity (Wildman–Crippen MR) is 136 cm³/mol. The number of nitrogens with zero attached hydrogens (tertiary/aromatic N) is 2. The topological polar surface area (TPSA) is 88.2 Å². The van der Waals surface area contributed by atoms with Gasteiger partial charge in [0.1, 0.15) is 18.0 Å². The van der Waals surface area contributed by atoms with Gasteiger partial charge in [-0.3, -0.25) is 9.52 Å². The first-order valence-electron chi connectivity index (χ1n) is 12.2. The van der Waals surface area contributed by atoms with E-state index in [1.807, 2.05) is 32.0 Å². The minimum atomic E-state index is -3.63. The van der Waals surface area contributed by atoms with Crippen LogP contribution in [0.5, 0.6) is 5.75 Å². The number of anilines is 1. The van der Waals surface area contributed by atoms with E-state index in [2.05, 4.69) is 4.72 Å². The molecule has 35 heavy (non-hydrogen) atoms. The van der Waals surface area contributed by atoms with Crippen molar-refractivity contribution in [3.8, 4) is 5.75 Å². The molecule has 2 aliphatic heterocycles. The van der Waals surface area contributed by atoms with Gasteiger partial charge in [0.25, 0.3) is 5.91 Å². The molecule has 0 bridgehead atoms. The molecule has 1 amide bonds. The lowest BCUT2D eigenvalue weighted by Gasteiger charge is -2.22. The predicted octanol–water partition coefficient (Wildman–Crippen LogP) is 3.75. The minimum Gasteiger partial charge on any atom is -0.486 e. The number of methoxy groups -OCH3 is 1. The molecule has 190 valence electrons. The zero-order chi connectivity index (χ0) is 25.0. The van der Waals surface area contributed by atoms with E-state index in [0.29, 0.717) is 43.2 Å². The summed E-state index contributed by atoms with van der Waals surface area (Å²) in [7, 11) is -2.02. The number of hydrogen-bond donors (Lipinski definition) is 1. The molecule has 8 nitrogen and oxygen atoms in total. The standard InChI is InChI=1S/C26H35N3O5S/c1-19-11-12-20(2)23(15-19)26(30)28-17-24(33-3)25(18-28)34-22-10-8-9-21(16-22)27-35(31,32)29-13-6-4-5-7-14-29/h8-12,15-16,24-25,27H,4-7,13-14,17-18H2,1-3H3/t24-,25-/m1/s1. The summed E-state index contributed by atoms with van der Waals surface area (Å²) < 4.78 is 41.8. The molecule has 2 aromatic carbocycles. The molecule has 0 aromatic heterocycles. The molecule has 2 saturated heterocycles. The number of likely N-dealkylation sites (tertiary alicyclic amines) is 1. The van der Waals surface area contributed by atoms with E-state index >= 15 is 0 Å². The molecule has 0 saturated carbocycles. The van der Waals surface area contributed by atoms with Gasteiger partial charge in [-0.25, -0.2) is 0 Å². The van der Waals surface area contributed by atoms with Gasteiger partial charge >= 0.3 is 10.2 Å². The molecule has 4 rings (SSSR count). The largest absolute Gasteiger partial charge is 0.486 e. The summed E-state index contributed by atoms with van der Waals surface area (Å²) in [6.07, 6.45) is 3.21. The first-order chi connectivity index (χ1) is 16.8. The molecule has 0 spiro atoms. The van der Waals surface area contributed by atoms with Crippen LogP contribution in [0.25, 0.3) is 0 Å². The maximum absolute atomic E-state index is 13.2. The van der Waals surface area contributed by atoms with Gasteiger partial charge in [0.2, 0.25) is 0 Å². The number of aryl methyl sites for hydroxylation is 2. The third-order valence-electron chi connectivity index (χ3n) is 6.70. The fraction of sp³-hybridized carbons (Fsp3) is 0.500. The lowest BCUT2D eigenvalue weighted by Crippen LogP contribution is -2.36. The smallest absolute Gasteiger partial charge is 0.301 e. The van der Waals surface area contributed by atoms with Crippen LogP contribution in [-0.2, 0) is 14.9 Å². The molecular formula is C26H35N3O5S. The third-order valence-corrected chi connectivity index (χ3v) is 8.24. The summed E-state index contributed by atoms with van der Waals surface area (Å²) in [6, 6.07) is 12.8. The van der Waals surface area contributed by atoms with Crippen molar-refractivity contribution in [1.82, 2.24) is 9.21 Å². The zero-order valence-corrected chi connectivity index (χ0v) is 21.5. The van der Waals surface area contributed by atoms with E-state index in [0.717, 1.165) is 36.8 Å². The zero-order valence-electron chi connectivity index (χ0n) is 20.7. The molecule has 2 aromatic rings. The molecule has 2 fully saturated rings. The van der Waals surface area contributed by atoms with E-state index in [1.54, 1.807) is 36.3 Å². The van der Waals surface area contributed by atoms with E-state index in [4.69, 9.17) is 9.47 Å². The third kappa shape index (κ3) is 6.15. The molecule has 0 aliphatic carbocycles. The maximum Gasteiger partial charge on any atom is 0.301 e. The average Bonchev–Trinajstić information content (AvgIpc) is 3.03. The van der Waals surface area contributed by atoms with Crippen molar-refractivity contribution < 1.29 is 22.7 Å². The normalized spacial score (nSPS) is 21.5. The van der Waals surface area contributed by atoms with Gasteiger partial charge in [-0.1, -0.05) is 36.6 Å². The van der Waals surface area contributed by atoms with Crippen molar-refractivity contribution in [2.75, 3.05) is 38.0 Å². The van der Waals surface area contributed by atoms with Crippen molar-refractivity contribution in [1.29, 1.82) is 0 Å². The molecule has 1 N–H and O–H groups in total. The molecule has 0 radical (unpaired) electrons. The van der Waals surface area contributed by atoms with Gasteiger partial charge < -0.3 is 14.4 Å². The summed E-state index contributed by atoms with van der Waals surface area (Å²) in [6.45, 7) is 5.78. The van der Waals surface area contributed by atoms with E-state index < -0.39 is 10.2 Å². The van der Waals surface area contributed by atoms with Crippen molar-refractivity contribution in [2.24, 2.45) is 0 Å². The molecule has 2 aliphatic rings. The van der Waals surface area contributed by atoms with Crippen LogP contribution in [0.1, 0.15) is 47.2 Å². The number of ether oxygens (including phenoxy) is 2. The first-order valence-corrected chi connectivity index (χ1v) is 13.6. The Morgan fingerprint density at radius 3 is 2.40 bits per heavy atom. The van der Waals surface area contributed by atoms with E-state index in [9.17, 15) is 13.2 Å². The Hall–Kier alpha value is -2.62. The average molecular weight is 502 g/mol. The van der Waals surface area contributed by atoms with Crippen LogP contribution < -0.4 is 9.46 Å². The van der Waals surface area contributed by atoms with Gasteiger partial charge in [0, 0.05) is 31.8 Å². The lowest BCUT2D eigenvalue weighted by atomic mass is 10.0. The van der Waals surface area contributed by atoms with Crippen molar-refractivity contribution in [3.05, 3.63) is 59.2 Å². The summed E-state index contributed by atoms with van der Waals surface area (Å²) in [5.74, 6) is 0.479. The van der Waals surface area contributed by atoms with Gasteiger partial charge in [-0.15, -0.1) is 0 Å². The molecule has 9 heteroatoms. The number of hydrogen-bond acceptors (Lipinski definition) is 5.